The highest BCUT2D eigenvalue weighted by atomic mass is 32.1. The number of amides is 1. The van der Waals surface area contributed by atoms with Gasteiger partial charge in [-0.2, -0.15) is 0 Å². The Kier molecular flexibility index (Phi) is 4.03. The lowest BCUT2D eigenvalue weighted by Crippen LogP contribution is -2.28. The van der Waals surface area contributed by atoms with Crippen molar-refractivity contribution in [3.63, 3.8) is 0 Å². The van der Waals surface area contributed by atoms with Crippen LogP contribution in [0.15, 0.2) is 48.0 Å². The third-order valence-corrected chi connectivity index (χ3v) is 4.43. The molecular weight excluding hydrogens is 284 g/mol. The number of benzene rings is 1. The van der Waals surface area contributed by atoms with Gasteiger partial charge >= 0.3 is 0 Å². The van der Waals surface area contributed by atoms with Gasteiger partial charge in [-0.15, -0.1) is 11.3 Å². The van der Waals surface area contributed by atoms with Gasteiger partial charge in [0, 0.05) is 23.1 Å². The molecule has 0 aliphatic carbocycles. The van der Waals surface area contributed by atoms with Crippen molar-refractivity contribution in [2.24, 2.45) is 0 Å². The zero-order chi connectivity index (χ0) is 14.7. The number of nitrogens with one attached hydrogen (secondary N) is 2. The van der Waals surface area contributed by atoms with Gasteiger partial charge in [0.15, 0.2) is 0 Å². The van der Waals surface area contributed by atoms with Crippen LogP contribution in [0.25, 0.3) is 10.9 Å². The van der Waals surface area contributed by atoms with E-state index in [0.717, 1.165) is 15.8 Å². The smallest absolute Gasteiger partial charge is 0.253 e. The average Bonchev–Trinajstić information content (AvgIpc) is 3.17. The lowest BCUT2D eigenvalue weighted by molar-refractivity contribution is 0.0932. The van der Waals surface area contributed by atoms with Crippen LogP contribution in [-0.2, 0) is 0 Å². The Morgan fingerprint density at radius 2 is 2.19 bits per heavy atom. The van der Waals surface area contributed by atoms with Gasteiger partial charge in [-0.1, -0.05) is 18.2 Å². The molecular formula is C16H16N2O2S. The molecule has 3 rings (SSSR count). The molecule has 3 N–H and O–H groups in total. The minimum absolute atomic E-state index is 0.0373. The third-order valence-electron chi connectivity index (χ3n) is 3.44. The first kappa shape index (κ1) is 13.9. The van der Waals surface area contributed by atoms with E-state index in [4.69, 9.17) is 0 Å². The molecule has 2 heterocycles. The van der Waals surface area contributed by atoms with E-state index in [1.807, 2.05) is 41.9 Å². The maximum absolute atomic E-state index is 12.5. The number of aromatic nitrogens is 1. The summed E-state index contributed by atoms with van der Waals surface area (Å²) in [5.41, 5.74) is 1.46. The van der Waals surface area contributed by atoms with Gasteiger partial charge in [-0.25, -0.2) is 0 Å². The molecule has 0 bridgehead atoms. The summed E-state index contributed by atoms with van der Waals surface area (Å²) < 4.78 is 0. The van der Waals surface area contributed by atoms with Crippen LogP contribution >= 0.6 is 11.3 Å². The lowest BCUT2D eigenvalue weighted by Gasteiger charge is -2.16. The van der Waals surface area contributed by atoms with Crippen molar-refractivity contribution in [3.05, 3.63) is 58.4 Å². The lowest BCUT2D eigenvalue weighted by atomic mass is 10.1. The molecule has 5 heteroatoms. The number of H-pyrrole nitrogens is 1. The zero-order valence-electron chi connectivity index (χ0n) is 11.4. The fraction of sp³-hybridized carbons (Fsp3) is 0.188. The quantitative estimate of drug-likeness (QED) is 0.678. The van der Waals surface area contributed by atoms with Crippen molar-refractivity contribution in [2.75, 3.05) is 6.61 Å². The van der Waals surface area contributed by atoms with E-state index in [0.29, 0.717) is 12.0 Å². The summed E-state index contributed by atoms with van der Waals surface area (Å²) in [4.78, 5) is 16.7. The standard InChI is InChI=1S/C16H16N2O2S/c19-9-7-13(14-5-2-10-21-14)18-16(20)12-4-1-3-11-6-8-17-15(11)12/h1-6,8,10,13,17,19H,7,9H2,(H,18,20). The second-order valence-corrected chi connectivity index (χ2v) is 5.78. The minimum Gasteiger partial charge on any atom is -0.396 e. The predicted octanol–water partition coefficient (Wildman–Crippen LogP) is 3.08. The predicted molar refractivity (Wildman–Crippen MR) is 84.5 cm³/mol. The number of aliphatic hydroxyl groups excluding tert-OH is 1. The molecule has 0 aliphatic rings. The van der Waals surface area contributed by atoms with Crippen LogP contribution in [-0.4, -0.2) is 22.6 Å². The van der Waals surface area contributed by atoms with Crippen LogP contribution in [0.4, 0.5) is 0 Å². The molecule has 21 heavy (non-hydrogen) atoms. The Morgan fingerprint density at radius 3 is 2.95 bits per heavy atom. The van der Waals surface area contributed by atoms with E-state index in [9.17, 15) is 9.90 Å². The number of aliphatic hydroxyl groups is 1. The highest BCUT2D eigenvalue weighted by Crippen LogP contribution is 2.23. The van der Waals surface area contributed by atoms with Crippen molar-refractivity contribution in [2.45, 2.75) is 12.5 Å². The van der Waals surface area contributed by atoms with E-state index < -0.39 is 0 Å². The number of aromatic amines is 1. The molecule has 1 unspecified atom stereocenters. The summed E-state index contributed by atoms with van der Waals surface area (Å²) >= 11 is 1.58. The molecule has 0 saturated carbocycles. The Balaban J connectivity index is 1.86. The van der Waals surface area contributed by atoms with Crippen molar-refractivity contribution >= 4 is 28.1 Å². The highest BCUT2D eigenvalue weighted by molar-refractivity contribution is 7.10. The molecule has 4 nitrogen and oxygen atoms in total. The summed E-state index contributed by atoms with van der Waals surface area (Å²) in [6.07, 6.45) is 2.33. The van der Waals surface area contributed by atoms with Crippen LogP contribution in [0.2, 0.25) is 0 Å². The molecule has 1 atom stereocenters. The van der Waals surface area contributed by atoms with Gasteiger partial charge in [-0.05, 0) is 30.0 Å². The van der Waals surface area contributed by atoms with Crippen LogP contribution in [0.1, 0.15) is 27.7 Å². The van der Waals surface area contributed by atoms with Crippen molar-refractivity contribution in [3.8, 4) is 0 Å². The van der Waals surface area contributed by atoms with Crippen LogP contribution in [0.3, 0.4) is 0 Å². The molecule has 108 valence electrons. The van der Waals surface area contributed by atoms with Crippen LogP contribution < -0.4 is 5.32 Å². The topological polar surface area (TPSA) is 65.1 Å². The molecule has 0 fully saturated rings. The monoisotopic (exact) mass is 300 g/mol. The average molecular weight is 300 g/mol. The largest absolute Gasteiger partial charge is 0.396 e. The molecule has 0 spiro atoms. The van der Waals surface area contributed by atoms with Gasteiger partial charge in [0.25, 0.3) is 5.91 Å². The fourth-order valence-corrected chi connectivity index (χ4v) is 3.23. The van der Waals surface area contributed by atoms with Crippen LogP contribution in [0.5, 0.6) is 0 Å². The first-order valence-corrected chi connectivity index (χ1v) is 7.69. The summed E-state index contributed by atoms with van der Waals surface area (Å²) in [5, 5.41) is 15.2. The number of rotatable bonds is 5. The second-order valence-electron chi connectivity index (χ2n) is 4.80. The summed E-state index contributed by atoms with van der Waals surface area (Å²) in [6.45, 7) is 0.0373. The Hall–Kier alpha value is -2.11. The third kappa shape index (κ3) is 2.84. The van der Waals surface area contributed by atoms with Gasteiger partial charge in [-0.3, -0.25) is 4.79 Å². The molecule has 3 aromatic rings. The number of hydrogen-bond donors (Lipinski definition) is 3. The maximum atomic E-state index is 12.5. The van der Waals surface area contributed by atoms with E-state index >= 15 is 0 Å². The normalized spacial score (nSPS) is 12.4. The van der Waals surface area contributed by atoms with Gasteiger partial charge in [0.1, 0.15) is 0 Å². The zero-order valence-corrected chi connectivity index (χ0v) is 12.2. The first-order valence-electron chi connectivity index (χ1n) is 6.81. The van der Waals surface area contributed by atoms with Gasteiger partial charge in [0.05, 0.1) is 17.1 Å². The fourth-order valence-electron chi connectivity index (χ4n) is 2.41. The molecule has 1 amide bonds. The molecule has 0 aliphatic heterocycles. The Labute approximate surface area is 126 Å². The highest BCUT2D eigenvalue weighted by Gasteiger charge is 2.18. The number of para-hydroxylation sites is 1. The molecule has 0 saturated heterocycles. The van der Waals surface area contributed by atoms with Crippen molar-refractivity contribution in [1.82, 2.24) is 10.3 Å². The van der Waals surface area contributed by atoms with E-state index in [1.165, 1.54) is 0 Å². The molecule has 2 aromatic heterocycles. The number of thiophene rings is 1. The maximum Gasteiger partial charge on any atom is 0.253 e. The first-order chi connectivity index (χ1) is 10.3. The number of carbonyl (C=O) groups is 1. The number of hydrogen-bond acceptors (Lipinski definition) is 3. The SMILES string of the molecule is O=C(NC(CCO)c1cccs1)c1cccc2cc[nH]c12. The van der Waals surface area contributed by atoms with Gasteiger partial charge < -0.3 is 15.4 Å². The van der Waals surface area contributed by atoms with Crippen molar-refractivity contribution in [1.29, 1.82) is 0 Å². The summed E-state index contributed by atoms with van der Waals surface area (Å²) in [7, 11) is 0. The van der Waals surface area contributed by atoms with E-state index in [2.05, 4.69) is 10.3 Å². The van der Waals surface area contributed by atoms with Crippen LogP contribution in [0, 0.1) is 0 Å². The molecule has 0 radical (unpaired) electrons. The van der Waals surface area contributed by atoms with E-state index in [-0.39, 0.29) is 18.6 Å². The summed E-state index contributed by atoms with van der Waals surface area (Å²) in [6, 6.07) is 11.3. The number of fused-ring (bicyclic) bond motifs is 1. The Bertz CT molecular complexity index is 734. The summed E-state index contributed by atoms with van der Waals surface area (Å²) in [5.74, 6) is -0.130. The number of carbonyl (C=O) groups excluding carboxylic acids is 1. The molecule has 1 aromatic carbocycles. The van der Waals surface area contributed by atoms with Gasteiger partial charge in [0.2, 0.25) is 0 Å². The van der Waals surface area contributed by atoms with Crippen molar-refractivity contribution < 1.29 is 9.90 Å². The second kappa shape index (κ2) is 6.11. The Morgan fingerprint density at radius 1 is 1.29 bits per heavy atom. The minimum atomic E-state index is -0.160. The van der Waals surface area contributed by atoms with E-state index in [1.54, 1.807) is 17.4 Å².